The Kier molecular flexibility index (Phi) is 5.57. The summed E-state index contributed by atoms with van der Waals surface area (Å²) >= 11 is 5.58. The molecule has 4 rings (SSSR count). The van der Waals surface area contributed by atoms with Gasteiger partial charge in [0.05, 0.1) is 18.0 Å². The highest BCUT2D eigenvalue weighted by Crippen LogP contribution is 2.38. The van der Waals surface area contributed by atoms with Gasteiger partial charge in [-0.15, -0.1) is 0 Å². The van der Waals surface area contributed by atoms with E-state index in [0.717, 1.165) is 22.7 Å². The maximum absolute atomic E-state index is 12.5. The van der Waals surface area contributed by atoms with Crippen LogP contribution in [0.5, 0.6) is 0 Å². The van der Waals surface area contributed by atoms with Gasteiger partial charge in [0.1, 0.15) is 11.8 Å². The number of anilines is 1. The average Bonchev–Trinajstić information content (AvgIpc) is 3.36. The Morgan fingerprint density at radius 2 is 2.03 bits per heavy atom. The molecule has 2 atom stereocenters. The number of pyridine rings is 1. The Morgan fingerprint density at radius 3 is 2.72 bits per heavy atom. The number of furan rings is 1. The van der Waals surface area contributed by atoms with Crippen LogP contribution in [0.1, 0.15) is 35.5 Å². The van der Waals surface area contributed by atoms with Crippen molar-refractivity contribution < 1.29 is 9.21 Å². The molecule has 148 valence electrons. The lowest BCUT2D eigenvalue weighted by molar-refractivity contribution is -0.116. The molecule has 3 heterocycles. The van der Waals surface area contributed by atoms with Crippen molar-refractivity contribution >= 4 is 28.9 Å². The topological polar surface area (TPSA) is 70.4 Å². The fourth-order valence-electron chi connectivity index (χ4n) is 3.50. The molecular weight excluding hydrogens is 384 g/mol. The number of aromatic nitrogens is 1. The zero-order valence-electron chi connectivity index (χ0n) is 16.0. The predicted molar refractivity (Wildman–Crippen MR) is 115 cm³/mol. The van der Waals surface area contributed by atoms with Crippen LogP contribution in [0.25, 0.3) is 0 Å². The number of nitrogens with one attached hydrogen (secondary N) is 2. The minimum Gasteiger partial charge on any atom is -0.467 e. The molecule has 7 heteroatoms. The molecule has 1 amide bonds. The molecule has 29 heavy (non-hydrogen) atoms. The maximum Gasteiger partial charge on any atom is 0.226 e. The van der Waals surface area contributed by atoms with Crippen molar-refractivity contribution in [3.8, 4) is 0 Å². The molecule has 1 fully saturated rings. The molecule has 1 aromatic carbocycles. The summed E-state index contributed by atoms with van der Waals surface area (Å²) in [5.74, 6) is 0.725. The lowest BCUT2D eigenvalue weighted by Gasteiger charge is -2.25. The molecule has 6 nitrogen and oxygen atoms in total. The van der Waals surface area contributed by atoms with Crippen LogP contribution in [0, 0.1) is 6.92 Å². The second-order valence-electron chi connectivity index (χ2n) is 7.00. The smallest absolute Gasteiger partial charge is 0.226 e. The summed E-state index contributed by atoms with van der Waals surface area (Å²) in [5.41, 5.74) is 2.82. The number of carbonyl (C=O) groups excluding carboxylic acids is 1. The summed E-state index contributed by atoms with van der Waals surface area (Å²) in [6.07, 6.45) is 3.72. The van der Waals surface area contributed by atoms with Crippen LogP contribution >= 0.6 is 12.2 Å². The highest BCUT2D eigenvalue weighted by Gasteiger charge is 2.41. The number of hydrogen-bond donors (Lipinski definition) is 2. The van der Waals surface area contributed by atoms with Crippen molar-refractivity contribution in [2.45, 2.75) is 25.4 Å². The van der Waals surface area contributed by atoms with E-state index >= 15 is 0 Å². The first-order valence-electron chi connectivity index (χ1n) is 9.50. The summed E-state index contributed by atoms with van der Waals surface area (Å²) in [5, 5.41) is 6.86. The molecule has 3 aromatic rings. The summed E-state index contributed by atoms with van der Waals surface area (Å²) in [6.45, 7) is 2.48. The standard InChI is InChI=1S/C22H22N4O2S/c1-15-7-9-16(10-8-15)24-19(27)11-13-26-21(18-6-4-14-28-18)20(25-22(26)29)17-5-2-3-12-23-17/h2-10,12,14,20-21H,11,13H2,1H3,(H,24,27)(H,25,29)/t20-,21+/m0/s1. The summed E-state index contributed by atoms with van der Waals surface area (Å²) in [7, 11) is 0. The third-order valence-corrected chi connectivity index (χ3v) is 5.30. The molecule has 1 aliphatic rings. The first kappa shape index (κ1) is 19.1. The van der Waals surface area contributed by atoms with E-state index in [0.29, 0.717) is 18.1 Å². The van der Waals surface area contributed by atoms with Crippen LogP contribution in [0.2, 0.25) is 0 Å². The van der Waals surface area contributed by atoms with Gasteiger partial charge in [0, 0.05) is 24.8 Å². The van der Waals surface area contributed by atoms with Gasteiger partial charge in [-0.25, -0.2) is 0 Å². The summed E-state index contributed by atoms with van der Waals surface area (Å²) in [4.78, 5) is 18.9. The zero-order valence-corrected chi connectivity index (χ0v) is 16.9. The van der Waals surface area contributed by atoms with E-state index in [-0.39, 0.29) is 18.0 Å². The Labute approximate surface area is 174 Å². The molecule has 1 saturated heterocycles. The Bertz CT molecular complexity index is 974. The SMILES string of the molecule is Cc1ccc(NC(=O)CCN2C(=S)N[C@@H](c3ccccn3)[C@H]2c2ccco2)cc1. The first-order valence-corrected chi connectivity index (χ1v) is 9.90. The molecule has 2 N–H and O–H groups in total. The second-order valence-corrected chi connectivity index (χ2v) is 7.39. The molecule has 0 aliphatic carbocycles. The highest BCUT2D eigenvalue weighted by molar-refractivity contribution is 7.80. The summed E-state index contributed by atoms with van der Waals surface area (Å²) in [6, 6.07) is 17.0. The van der Waals surface area contributed by atoms with E-state index in [2.05, 4.69) is 15.6 Å². The maximum atomic E-state index is 12.5. The van der Waals surface area contributed by atoms with Gasteiger partial charge >= 0.3 is 0 Å². The molecule has 0 saturated carbocycles. The Morgan fingerprint density at radius 1 is 1.21 bits per heavy atom. The third-order valence-electron chi connectivity index (χ3n) is 4.95. The van der Waals surface area contributed by atoms with Gasteiger partial charge in [-0.2, -0.15) is 0 Å². The number of nitrogens with zero attached hydrogens (tertiary/aromatic N) is 2. The largest absolute Gasteiger partial charge is 0.467 e. The van der Waals surface area contributed by atoms with Gasteiger partial charge < -0.3 is 20.0 Å². The number of hydrogen-bond acceptors (Lipinski definition) is 4. The van der Waals surface area contributed by atoms with Crippen molar-refractivity contribution in [3.05, 3.63) is 84.1 Å². The number of thiocarbonyl (C=S) groups is 1. The number of benzene rings is 1. The molecule has 1 aliphatic heterocycles. The van der Waals surface area contributed by atoms with Gasteiger partial charge in [0.2, 0.25) is 5.91 Å². The van der Waals surface area contributed by atoms with Crippen molar-refractivity contribution in [1.29, 1.82) is 0 Å². The molecule has 0 spiro atoms. The van der Waals surface area contributed by atoms with Gasteiger partial charge in [0.25, 0.3) is 0 Å². The minimum atomic E-state index is -0.167. The fraction of sp³-hybridized carbons (Fsp3) is 0.227. The van der Waals surface area contributed by atoms with Crippen LogP contribution in [-0.2, 0) is 4.79 Å². The zero-order chi connectivity index (χ0) is 20.2. The average molecular weight is 407 g/mol. The number of rotatable bonds is 6. The lowest BCUT2D eigenvalue weighted by Crippen LogP contribution is -2.32. The fourth-order valence-corrected chi connectivity index (χ4v) is 3.83. The van der Waals surface area contributed by atoms with Crippen molar-refractivity contribution in [1.82, 2.24) is 15.2 Å². The van der Waals surface area contributed by atoms with E-state index in [4.69, 9.17) is 16.6 Å². The minimum absolute atomic E-state index is 0.0591. The lowest BCUT2D eigenvalue weighted by atomic mass is 10.0. The first-order chi connectivity index (χ1) is 14.1. The summed E-state index contributed by atoms with van der Waals surface area (Å²) < 4.78 is 5.69. The number of aryl methyl sites for hydroxylation is 1. The van der Waals surface area contributed by atoms with E-state index < -0.39 is 0 Å². The van der Waals surface area contributed by atoms with Crippen molar-refractivity contribution in [2.75, 3.05) is 11.9 Å². The van der Waals surface area contributed by atoms with Crippen LogP contribution < -0.4 is 10.6 Å². The van der Waals surface area contributed by atoms with Crippen molar-refractivity contribution in [2.24, 2.45) is 0 Å². The Balaban J connectivity index is 1.48. The van der Waals surface area contributed by atoms with Gasteiger partial charge in [-0.05, 0) is 55.5 Å². The van der Waals surface area contributed by atoms with Crippen LogP contribution in [-0.4, -0.2) is 27.4 Å². The monoisotopic (exact) mass is 406 g/mol. The molecular formula is C22H22N4O2S. The van der Waals surface area contributed by atoms with Crippen LogP contribution in [0.3, 0.4) is 0 Å². The van der Waals surface area contributed by atoms with E-state index in [1.54, 1.807) is 12.5 Å². The quantitative estimate of drug-likeness (QED) is 0.604. The molecule has 0 unspecified atom stereocenters. The van der Waals surface area contributed by atoms with E-state index in [1.807, 2.05) is 66.4 Å². The van der Waals surface area contributed by atoms with Crippen LogP contribution in [0.4, 0.5) is 5.69 Å². The van der Waals surface area contributed by atoms with E-state index in [9.17, 15) is 4.79 Å². The number of amides is 1. The van der Waals surface area contributed by atoms with Crippen molar-refractivity contribution in [3.63, 3.8) is 0 Å². The number of carbonyl (C=O) groups is 1. The molecule has 2 aromatic heterocycles. The third kappa shape index (κ3) is 4.30. The van der Waals surface area contributed by atoms with Gasteiger partial charge in [-0.1, -0.05) is 23.8 Å². The molecule has 0 radical (unpaired) electrons. The van der Waals surface area contributed by atoms with Gasteiger partial charge in [-0.3, -0.25) is 9.78 Å². The predicted octanol–water partition coefficient (Wildman–Crippen LogP) is 3.98. The van der Waals surface area contributed by atoms with E-state index in [1.165, 1.54) is 0 Å². The Hall–Kier alpha value is -3.19. The normalized spacial score (nSPS) is 18.5. The highest BCUT2D eigenvalue weighted by atomic mass is 32.1. The van der Waals surface area contributed by atoms with Gasteiger partial charge in [0.15, 0.2) is 5.11 Å². The molecule has 0 bridgehead atoms. The van der Waals surface area contributed by atoms with Crippen LogP contribution in [0.15, 0.2) is 71.5 Å². The second kappa shape index (κ2) is 8.45.